The van der Waals surface area contributed by atoms with Crippen LogP contribution in [-0.4, -0.2) is 0 Å². The number of fused-ring (bicyclic) bond motifs is 7. The topological polar surface area (TPSA) is 6.48 Å². The first-order chi connectivity index (χ1) is 31.5. The minimum Gasteiger partial charge on any atom is -0.310 e. The molecule has 3 fully saturated rings. The van der Waals surface area contributed by atoms with Gasteiger partial charge in [0.15, 0.2) is 0 Å². The molecule has 3 saturated carbocycles. The van der Waals surface area contributed by atoms with Gasteiger partial charge in [0.25, 0.3) is 0 Å². The van der Waals surface area contributed by atoms with Crippen molar-refractivity contribution in [1.29, 1.82) is 0 Å². The first-order valence-electron chi connectivity index (χ1n) is 24.8. The molecule has 13 rings (SSSR count). The third-order valence-corrected chi connectivity index (χ3v) is 17.6. The molecule has 0 aliphatic heterocycles. The molecule has 2 nitrogen and oxygen atoms in total. The number of nitrogens with zero attached hydrogens (tertiary/aromatic N) is 2. The summed E-state index contributed by atoms with van der Waals surface area (Å²) in [5.41, 5.74) is 20.9. The Labute approximate surface area is 381 Å². The second-order valence-electron chi connectivity index (χ2n) is 21.0. The van der Waals surface area contributed by atoms with E-state index in [0.29, 0.717) is 11.8 Å². The lowest BCUT2D eigenvalue weighted by Crippen LogP contribution is -2.40. The molecule has 318 valence electrons. The van der Waals surface area contributed by atoms with E-state index >= 15 is 0 Å². The summed E-state index contributed by atoms with van der Waals surface area (Å²) >= 11 is 0. The van der Waals surface area contributed by atoms with Gasteiger partial charge in [-0.15, -0.1) is 0 Å². The van der Waals surface area contributed by atoms with E-state index in [4.69, 9.17) is 0 Å². The largest absolute Gasteiger partial charge is 0.310 e. The Morgan fingerprint density at radius 1 is 0.453 bits per heavy atom. The van der Waals surface area contributed by atoms with E-state index in [2.05, 4.69) is 187 Å². The summed E-state index contributed by atoms with van der Waals surface area (Å²) in [6.07, 6.45) is 14.4. The number of rotatable bonds is 7. The van der Waals surface area contributed by atoms with Crippen molar-refractivity contribution in [2.24, 2.45) is 23.7 Å². The molecule has 7 aromatic rings. The minimum absolute atomic E-state index is 0.0908. The number of anilines is 6. The van der Waals surface area contributed by atoms with E-state index in [1.807, 2.05) is 0 Å². The summed E-state index contributed by atoms with van der Waals surface area (Å²) in [7, 11) is 0. The molecule has 0 N–H and O–H groups in total. The first kappa shape index (κ1) is 38.6. The maximum Gasteiger partial charge on any atom is 0.0505 e. The van der Waals surface area contributed by atoms with Crippen molar-refractivity contribution in [2.45, 2.75) is 101 Å². The van der Waals surface area contributed by atoms with Crippen molar-refractivity contribution in [3.05, 3.63) is 203 Å². The maximum atomic E-state index is 2.65. The molecule has 1 spiro atoms. The summed E-state index contributed by atoms with van der Waals surface area (Å²) in [5.74, 6) is 3.59. The molecule has 7 aromatic carbocycles. The summed E-state index contributed by atoms with van der Waals surface area (Å²) in [5, 5.41) is 0. The zero-order valence-corrected chi connectivity index (χ0v) is 37.6. The van der Waals surface area contributed by atoms with E-state index in [1.165, 1.54) is 114 Å². The SMILES string of the molecule is CC1(C)c2ccccc2-c2ccc(N(c3ccccc3)c3cccc4c3C35c6c(cccc6N(c6ccccc6)c6ccc(C7CC8CCC7C8)cc6)CC3CCCCCC5C4)cc21. The van der Waals surface area contributed by atoms with Crippen LogP contribution in [0.25, 0.3) is 11.1 Å². The van der Waals surface area contributed by atoms with E-state index in [1.54, 1.807) is 27.8 Å². The van der Waals surface area contributed by atoms with Crippen LogP contribution < -0.4 is 9.80 Å². The van der Waals surface area contributed by atoms with Gasteiger partial charge in [0, 0.05) is 33.6 Å². The van der Waals surface area contributed by atoms with Gasteiger partial charge in [0.1, 0.15) is 0 Å². The van der Waals surface area contributed by atoms with Gasteiger partial charge in [0.05, 0.1) is 11.4 Å². The molecule has 0 saturated heterocycles. The zero-order valence-electron chi connectivity index (χ0n) is 37.6. The van der Waals surface area contributed by atoms with Gasteiger partial charge in [-0.1, -0.05) is 143 Å². The van der Waals surface area contributed by atoms with Crippen molar-refractivity contribution >= 4 is 34.1 Å². The van der Waals surface area contributed by atoms with E-state index < -0.39 is 0 Å². The highest BCUT2D eigenvalue weighted by molar-refractivity contribution is 5.89. The maximum absolute atomic E-state index is 2.65. The predicted molar refractivity (Wildman–Crippen MR) is 266 cm³/mol. The van der Waals surface area contributed by atoms with Gasteiger partial charge in [-0.05, 0) is 185 Å². The fourth-order valence-electron chi connectivity index (χ4n) is 15.0. The highest BCUT2D eigenvalue weighted by Gasteiger charge is 2.59. The molecule has 0 aromatic heterocycles. The van der Waals surface area contributed by atoms with Crippen molar-refractivity contribution in [3.8, 4) is 11.1 Å². The monoisotopic (exact) mass is 832 g/mol. The fourth-order valence-corrected chi connectivity index (χ4v) is 15.0. The van der Waals surface area contributed by atoms with Crippen LogP contribution in [0, 0.1) is 23.7 Å². The zero-order chi connectivity index (χ0) is 42.6. The van der Waals surface area contributed by atoms with Gasteiger partial charge in [-0.3, -0.25) is 0 Å². The summed E-state index contributed by atoms with van der Waals surface area (Å²) in [4.78, 5) is 5.29. The standard InChI is InChI=1S/C62H60N2/c1-61(2)55-25-13-12-24-52(55)53-35-34-51(40-56(53)61)64(49-22-10-5-11-23-49)58-27-15-17-45-39-47-19-7-3-6-18-46-38-44-16-14-26-57(59(44)62(46,47)60(45)58)63(48-20-8-4-9-21-48)50-32-30-42(31-33-50)54-37-41-28-29-43(54)36-41/h4-5,8-17,20-27,30-35,40-41,43,46-47,54H,3,6-7,18-19,28-29,36-39H2,1-2H3. The molecule has 0 amide bonds. The Bertz CT molecular complexity index is 2880. The lowest BCUT2D eigenvalue weighted by Gasteiger charge is -2.45. The van der Waals surface area contributed by atoms with Gasteiger partial charge in [-0.25, -0.2) is 0 Å². The highest BCUT2D eigenvalue weighted by atomic mass is 15.2. The number of hydrogen-bond acceptors (Lipinski definition) is 2. The summed E-state index contributed by atoms with van der Waals surface area (Å²) < 4.78 is 0. The average Bonchev–Trinajstić information content (AvgIpc) is 4.15. The van der Waals surface area contributed by atoms with Crippen molar-refractivity contribution < 1.29 is 0 Å². The Morgan fingerprint density at radius 3 is 1.62 bits per heavy atom. The Kier molecular flexibility index (Phi) is 8.95. The minimum atomic E-state index is -0.131. The lowest BCUT2D eigenvalue weighted by atomic mass is 9.60. The Hall–Kier alpha value is -5.86. The van der Waals surface area contributed by atoms with Crippen LogP contribution >= 0.6 is 0 Å². The second kappa shape index (κ2) is 14.8. The highest BCUT2D eigenvalue weighted by Crippen LogP contribution is 2.66. The van der Waals surface area contributed by atoms with Gasteiger partial charge < -0.3 is 9.80 Å². The van der Waals surface area contributed by atoms with Crippen molar-refractivity contribution in [3.63, 3.8) is 0 Å². The molecular weight excluding hydrogens is 773 g/mol. The molecule has 0 radical (unpaired) electrons. The van der Waals surface area contributed by atoms with Crippen LogP contribution in [0.15, 0.2) is 164 Å². The quantitative estimate of drug-likeness (QED) is 0.158. The second-order valence-corrected chi connectivity index (χ2v) is 21.0. The van der Waals surface area contributed by atoms with Crippen LogP contribution in [0.3, 0.4) is 0 Å². The molecule has 64 heavy (non-hydrogen) atoms. The molecule has 6 aliphatic rings. The van der Waals surface area contributed by atoms with E-state index in [0.717, 1.165) is 30.6 Å². The van der Waals surface area contributed by atoms with Gasteiger partial charge >= 0.3 is 0 Å². The average molecular weight is 833 g/mol. The lowest BCUT2D eigenvalue weighted by molar-refractivity contribution is 0.205. The number of benzene rings is 7. The fraction of sp³-hybridized carbons (Fsp3) is 0.323. The van der Waals surface area contributed by atoms with Crippen molar-refractivity contribution in [1.82, 2.24) is 0 Å². The Morgan fingerprint density at radius 2 is 1.02 bits per heavy atom. The number of para-hydroxylation sites is 2. The van der Waals surface area contributed by atoms with Crippen molar-refractivity contribution in [2.75, 3.05) is 9.80 Å². The van der Waals surface area contributed by atoms with Crippen LogP contribution in [0.1, 0.15) is 116 Å². The number of hydrogen-bond donors (Lipinski definition) is 0. The van der Waals surface area contributed by atoms with Crippen LogP contribution in [0.2, 0.25) is 0 Å². The summed E-state index contributed by atoms with van der Waals surface area (Å²) in [6, 6.07) is 63.6. The van der Waals surface area contributed by atoms with E-state index in [9.17, 15) is 0 Å². The smallest absolute Gasteiger partial charge is 0.0505 e. The summed E-state index contributed by atoms with van der Waals surface area (Å²) in [6.45, 7) is 4.83. The van der Waals surface area contributed by atoms with Crippen LogP contribution in [-0.2, 0) is 23.7 Å². The first-order valence-corrected chi connectivity index (χ1v) is 24.8. The van der Waals surface area contributed by atoms with Crippen LogP contribution in [0.5, 0.6) is 0 Å². The van der Waals surface area contributed by atoms with Gasteiger partial charge in [-0.2, -0.15) is 0 Å². The third kappa shape index (κ3) is 5.69. The predicted octanol–water partition coefficient (Wildman–Crippen LogP) is 16.4. The molecule has 6 aliphatic carbocycles. The molecule has 2 bridgehead atoms. The molecule has 2 heteroatoms. The molecular formula is C62H60N2. The van der Waals surface area contributed by atoms with Crippen LogP contribution in [0.4, 0.5) is 34.1 Å². The Balaban J connectivity index is 1.02. The van der Waals surface area contributed by atoms with Gasteiger partial charge in [0.2, 0.25) is 0 Å². The third-order valence-electron chi connectivity index (χ3n) is 17.6. The van der Waals surface area contributed by atoms with E-state index in [-0.39, 0.29) is 10.8 Å². The molecule has 6 unspecified atom stereocenters. The molecule has 6 atom stereocenters. The normalized spacial score (nSPS) is 25.3. The molecule has 0 heterocycles.